The van der Waals surface area contributed by atoms with Crippen molar-refractivity contribution in [2.45, 2.75) is 39.0 Å². The number of aryl methyl sites for hydroxylation is 1. The van der Waals surface area contributed by atoms with Gasteiger partial charge >= 0.3 is 0 Å². The fourth-order valence-corrected chi connectivity index (χ4v) is 3.56. The first kappa shape index (κ1) is 10.8. The summed E-state index contributed by atoms with van der Waals surface area (Å²) >= 11 is 0. The van der Waals surface area contributed by atoms with Gasteiger partial charge in [0.15, 0.2) is 0 Å². The maximum absolute atomic E-state index is 12.2. The molecule has 0 aromatic heterocycles. The Kier molecular flexibility index (Phi) is 2.46. The first-order chi connectivity index (χ1) is 8.18. The van der Waals surface area contributed by atoms with Gasteiger partial charge in [0.1, 0.15) is 0 Å². The maximum atomic E-state index is 12.2. The van der Waals surface area contributed by atoms with E-state index in [4.69, 9.17) is 0 Å². The molecule has 1 amide bonds. The van der Waals surface area contributed by atoms with Gasteiger partial charge in [0.2, 0.25) is 5.91 Å². The van der Waals surface area contributed by atoms with Crippen LogP contribution in [0.2, 0.25) is 0 Å². The zero-order valence-corrected chi connectivity index (χ0v) is 10.5. The molecule has 3 unspecified atom stereocenters. The molecule has 3 rings (SSSR count). The molecule has 17 heavy (non-hydrogen) atoms. The van der Waals surface area contributed by atoms with Crippen molar-refractivity contribution in [1.82, 2.24) is 0 Å². The quantitative estimate of drug-likeness (QED) is 0.785. The van der Waals surface area contributed by atoms with Crippen LogP contribution in [-0.4, -0.2) is 5.91 Å². The molecule has 0 bridgehead atoms. The lowest BCUT2D eigenvalue weighted by Crippen LogP contribution is -2.22. The second-order valence-corrected chi connectivity index (χ2v) is 5.58. The van der Waals surface area contributed by atoms with Gasteiger partial charge < -0.3 is 5.32 Å². The topological polar surface area (TPSA) is 29.1 Å². The molecule has 1 aromatic carbocycles. The average Bonchev–Trinajstić information content (AvgIpc) is 2.83. The normalized spacial score (nSPS) is 31.4. The Balaban J connectivity index is 2.02. The van der Waals surface area contributed by atoms with E-state index in [9.17, 15) is 4.79 Å². The van der Waals surface area contributed by atoms with Crippen LogP contribution in [0.1, 0.15) is 43.2 Å². The van der Waals surface area contributed by atoms with Gasteiger partial charge in [-0.15, -0.1) is 0 Å². The molecule has 0 spiro atoms. The molecule has 1 fully saturated rings. The van der Waals surface area contributed by atoms with E-state index in [1.165, 1.54) is 30.4 Å². The summed E-state index contributed by atoms with van der Waals surface area (Å²) in [6.07, 6.45) is 3.75. The van der Waals surface area contributed by atoms with E-state index in [-0.39, 0.29) is 11.8 Å². The van der Waals surface area contributed by atoms with E-state index in [1.807, 2.05) is 0 Å². The molecule has 2 nitrogen and oxygen atoms in total. The second-order valence-electron chi connectivity index (χ2n) is 5.58. The lowest BCUT2D eigenvalue weighted by atomic mass is 9.81. The number of carbonyl (C=O) groups excluding carboxylic acids is 1. The minimum atomic E-state index is 0.0994. The largest absolute Gasteiger partial charge is 0.325 e. The van der Waals surface area contributed by atoms with E-state index in [0.29, 0.717) is 11.8 Å². The van der Waals surface area contributed by atoms with Crippen molar-refractivity contribution in [1.29, 1.82) is 0 Å². The Labute approximate surface area is 102 Å². The molecular weight excluding hydrogens is 210 g/mol. The summed E-state index contributed by atoms with van der Waals surface area (Å²) in [7, 11) is 0. The summed E-state index contributed by atoms with van der Waals surface area (Å²) in [5, 5.41) is 3.07. The third kappa shape index (κ3) is 1.58. The minimum absolute atomic E-state index is 0.0994. The molecule has 1 aliphatic heterocycles. The van der Waals surface area contributed by atoms with Crippen LogP contribution in [0.15, 0.2) is 18.2 Å². The number of hydrogen-bond acceptors (Lipinski definition) is 1. The van der Waals surface area contributed by atoms with Crippen LogP contribution in [0.25, 0.3) is 0 Å². The molecule has 0 radical (unpaired) electrons. The third-order valence-electron chi connectivity index (χ3n) is 4.53. The minimum Gasteiger partial charge on any atom is -0.325 e. The summed E-state index contributed by atoms with van der Waals surface area (Å²) in [6, 6.07) is 6.26. The van der Waals surface area contributed by atoms with E-state index < -0.39 is 0 Å². The van der Waals surface area contributed by atoms with Crippen LogP contribution >= 0.6 is 0 Å². The Morgan fingerprint density at radius 2 is 2.12 bits per heavy atom. The maximum Gasteiger partial charge on any atom is 0.232 e. The van der Waals surface area contributed by atoms with Gasteiger partial charge in [-0.3, -0.25) is 4.79 Å². The molecule has 1 saturated carbocycles. The molecule has 1 N–H and O–H groups in total. The van der Waals surface area contributed by atoms with Crippen LogP contribution in [0.3, 0.4) is 0 Å². The van der Waals surface area contributed by atoms with Gasteiger partial charge in [-0.1, -0.05) is 38.0 Å². The lowest BCUT2D eigenvalue weighted by Gasteiger charge is -2.21. The van der Waals surface area contributed by atoms with Crippen molar-refractivity contribution < 1.29 is 4.79 Å². The highest BCUT2D eigenvalue weighted by atomic mass is 16.2. The van der Waals surface area contributed by atoms with Crippen LogP contribution in [0, 0.1) is 18.8 Å². The number of benzene rings is 1. The van der Waals surface area contributed by atoms with Gasteiger partial charge in [-0.05, 0) is 36.3 Å². The smallest absolute Gasteiger partial charge is 0.232 e. The van der Waals surface area contributed by atoms with Crippen molar-refractivity contribution in [2.24, 2.45) is 11.8 Å². The molecule has 1 aromatic rings. The van der Waals surface area contributed by atoms with Gasteiger partial charge in [-0.2, -0.15) is 0 Å². The van der Waals surface area contributed by atoms with Gasteiger partial charge in [0.25, 0.3) is 0 Å². The predicted octanol–water partition coefficient (Wildman–Crippen LogP) is 3.47. The fraction of sp³-hybridized carbons (Fsp3) is 0.533. The molecule has 2 heteroatoms. The van der Waals surface area contributed by atoms with Crippen molar-refractivity contribution in [3.05, 3.63) is 29.3 Å². The lowest BCUT2D eigenvalue weighted by molar-refractivity contribution is -0.118. The van der Waals surface area contributed by atoms with E-state index in [2.05, 4.69) is 37.4 Å². The van der Waals surface area contributed by atoms with E-state index in [0.717, 1.165) is 5.69 Å². The fourth-order valence-electron chi connectivity index (χ4n) is 3.56. The summed E-state index contributed by atoms with van der Waals surface area (Å²) in [6.45, 7) is 4.36. The van der Waals surface area contributed by atoms with Gasteiger partial charge in [-0.25, -0.2) is 0 Å². The SMILES string of the molecule is Cc1cccc2c1NC(=O)C2C1CCCC1C. The highest BCUT2D eigenvalue weighted by molar-refractivity contribution is 6.03. The highest BCUT2D eigenvalue weighted by Crippen LogP contribution is 2.47. The number of rotatable bonds is 1. The van der Waals surface area contributed by atoms with Gasteiger partial charge in [0.05, 0.1) is 5.92 Å². The molecule has 1 aliphatic carbocycles. The van der Waals surface area contributed by atoms with Crippen LogP contribution in [0.5, 0.6) is 0 Å². The number of hydrogen-bond donors (Lipinski definition) is 1. The summed E-state index contributed by atoms with van der Waals surface area (Å²) in [4.78, 5) is 12.2. The second kappa shape index (κ2) is 3.86. The molecule has 90 valence electrons. The number of para-hydroxylation sites is 1. The summed E-state index contributed by atoms with van der Waals surface area (Å²) in [5.74, 6) is 1.53. The number of nitrogens with one attached hydrogen (secondary N) is 1. The Morgan fingerprint density at radius 3 is 2.82 bits per heavy atom. The van der Waals surface area contributed by atoms with Crippen molar-refractivity contribution >= 4 is 11.6 Å². The van der Waals surface area contributed by atoms with E-state index in [1.54, 1.807) is 0 Å². The van der Waals surface area contributed by atoms with Gasteiger partial charge in [0, 0.05) is 5.69 Å². The molecule has 2 aliphatic rings. The number of carbonyl (C=O) groups is 1. The van der Waals surface area contributed by atoms with Crippen LogP contribution in [0.4, 0.5) is 5.69 Å². The molecule has 3 atom stereocenters. The van der Waals surface area contributed by atoms with Crippen LogP contribution in [-0.2, 0) is 4.79 Å². The Bertz CT molecular complexity index is 466. The van der Waals surface area contributed by atoms with Crippen molar-refractivity contribution in [3.63, 3.8) is 0 Å². The Morgan fingerprint density at radius 1 is 1.29 bits per heavy atom. The molecule has 0 saturated heterocycles. The number of amides is 1. The molecule has 1 heterocycles. The standard InChI is InChI=1S/C15H19NO/c1-9-5-3-7-11(9)13-12-8-4-6-10(2)14(12)16-15(13)17/h4,6,8-9,11,13H,3,5,7H2,1-2H3,(H,16,17). The zero-order valence-electron chi connectivity index (χ0n) is 10.5. The van der Waals surface area contributed by atoms with E-state index >= 15 is 0 Å². The predicted molar refractivity (Wildman–Crippen MR) is 69.1 cm³/mol. The molecular formula is C15H19NO. The zero-order chi connectivity index (χ0) is 12.0. The van der Waals surface area contributed by atoms with Crippen molar-refractivity contribution in [2.75, 3.05) is 5.32 Å². The van der Waals surface area contributed by atoms with Crippen molar-refractivity contribution in [3.8, 4) is 0 Å². The number of fused-ring (bicyclic) bond motifs is 1. The summed E-state index contributed by atoms with van der Waals surface area (Å²) in [5.41, 5.74) is 3.49. The number of anilines is 1. The summed E-state index contributed by atoms with van der Waals surface area (Å²) < 4.78 is 0. The first-order valence-electron chi connectivity index (χ1n) is 6.59. The monoisotopic (exact) mass is 229 g/mol. The third-order valence-corrected chi connectivity index (χ3v) is 4.53. The average molecular weight is 229 g/mol. The first-order valence-corrected chi connectivity index (χ1v) is 6.59. The van der Waals surface area contributed by atoms with Crippen LogP contribution < -0.4 is 5.32 Å². The Hall–Kier alpha value is -1.31. The highest BCUT2D eigenvalue weighted by Gasteiger charge is 2.41.